The fourth-order valence-electron chi connectivity index (χ4n) is 0.732. The molecular weight excluding hydrogens is 258 g/mol. The second kappa shape index (κ2) is 8.41. The molecule has 1 rings (SSSR count). The van der Waals surface area contributed by atoms with Gasteiger partial charge in [0, 0.05) is 5.56 Å². The second-order valence-corrected chi connectivity index (χ2v) is 5.61. The van der Waals surface area contributed by atoms with Crippen LogP contribution in [0, 0.1) is 0 Å². The zero-order valence-electron chi connectivity index (χ0n) is 8.50. The molecule has 0 saturated heterocycles. The quantitative estimate of drug-likeness (QED) is 0.427. The van der Waals surface area contributed by atoms with E-state index in [0.717, 1.165) is 0 Å². The maximum absolute atomic E-state index is 10.2. The molecule has 0 bridgehead atoms. The molecule has 0 heterocycles. The standard InChI is InChI=1S/C7H8O4S2.2Na/c8-7-3-1-6(2-4-7)5-12-13(9,10)11;;/h1-4H,5H2,(H2-,8,9,10,11);;/q;2*+1/p-1. The Morgan fingerprint density at radius 2 is 1.67 bits per heavy atom. The number of phenolic OH excluding ortho intramolecular Hbond substituents is 1. The third kappa shape index (κ3) is 9.05. The summed E-state index contributed by atoms with van der Waals surface area (Å²) in [7, 11) is -3.90. The Morgan fingerprint density at radius 3 is 2.07 bits per heavy atom. The summed E-state index contributed by atoms with van der Waals surface area (Å²) >= 11 is 0. The van der Waals surface area contributed by atoms with Crippen LogP contribution < -0.4 is 59.1 Å². The summed E-state index contributed by atoms with van der Waals surface area (Å²) in [6.45, 7) is 0. The minimum Gasteiger partial charge on any atom is -0.746 e. The maximum Gasteiger partial charge on any atom is 1.00 e. The molecular formula is C7H7Na2O4S2+. The van der Waals surface area contributed by atoms with Crippen molar-refractivity contribution in [3.63, 3.8) is 0 Å². The van der Waals surface area contributed by atoms with Crippen LogP contribution >= 0.6 is 0 Å². The fraction of sp³-hybridized carbons (Fsp3) is 0.143. The molecule has 0 aliphatic rings. The molecule has 1 N–H and O–H groups in total. The van der Waals surface area contributed by atoms with E-state index in [4.69, 9.17) is 5.11 Å². The topological polar surface area (TPSA) is 83.4 Å². The van der Waals surface area contributed by atoms with Crippen molar-refractivity contribution in [3.8, 4) is 5.75 Å². The van der Waals surface area contributed by atoms with Gasteiger partial charge < -0.3 is 14.2 Å². The van der Waals surface area contributed by atoms with E-state index in [2.05, 4.69) is 0 Å². The Hall–Kier alpha value is 1.31. The normalized spacial score (nSPS) is 9.73. The number of benzene rings is 1. The average Bonchev–Trinajstić information content (AvgIpc) is 2.02. The number of phenols is 1. The van der Waals surface area contributed by atoms with E-state index < -0.39 is 9.05 Å². The average molecular weight is 265 g/mol. The summed E-state index contributed by atoms with van der Waals surface area (Å²) in [4.78, 5) is 0. The van der Waals surface area contributed by atoms with Crippen LogP contribution in [-0.4, -0.2) is 18.4 Å². The van der Waals surface area contributed by atoms with Gasteiger partial charge >= 0.3 is 59.1 Å². The van der Waals surface area contributed by atoms with Gasteiger partial charge in [-0.25, -0.2) is 4.21 Å². The van der Waals surface area contributed by atoms with E-state index in [1.165, 1.54) is 12.1 Å². The molecule has 0 radical (unpaired) electrons. The minimum absolute atomic E-state index is 0. The SMILES string of the molecule is O=S([O-])([O-])=[S+]Cc1ccc(O)cc1.[Na+].[Na+]. The maximum atomic E-state index is 10.2. The van der Waals surface area contributed by atoms with Crippen LogP contribution in [0.4, 0.5) is 0 Å². The monoisotopic (exact) mass is 265 g/mol. The molecule has 1 aromatic rings. The Bertz CT molecular complexity index is 390. The van der Waals surface area contributed by atoms with Crippen molar-refractivity contribution in [1.29, 1.82) is 0 Å². The first-order chi connectivity index (χ1) is 5.97. The Kier molecular flexibility index (Phi) is 10.5. The zero-order valence-corrected chi connectivity index (χ0v) is 14.1. The summed E-state index contributed by atoms with van der Waals surface area (Å²) in [5.74, 6) is 0.213. The summed E-state index contributed by atoms with van der Waals surface area (Å²) in [5, 5.41) is 8.90. The smallest absolute Gasteiger partial charge is 0.746 e. The largest absolute Gasteiger partial charge is 1.00 e. The molecule has 1 aromatic carbocycles. The molecule has 0 aliphatic carbocycles. The molecule has 0 atom stereocenters. The molecule has 4 nitrogen and oxygen atoms in total. The molecule has 0 amide bonds. The van der Waals surface area contributed by atoms with E-state index >= 15 is 0 Å². The molecule has 0 aromatic heterocycles. The summed E-state index contributed by atoms with van der Waals surface area (Å²) < 4.78 is 30.7. The Labute approximate surface area is 136 Å². The van der Waals surface area contributed by atoms with E-state index in [-0.39, 0.29) is 70.6 Å². The number of hydrogen-bond acceptors (Lipinski definition) is 4. The molecule has 72 valence electrons. The number of aromatic hydroxyl groups is 1. The molecule has 0 aliphatic heterocycles. The van der Waals surface area contributed by atoms with Crippen LogP contribution in [0.25, 0.3) is 0 Å². The van der Waals surface area contributed by atoms with Crippen LogP contribution in [-0.2, 0) is 25.1 Å². The third-order valence-electron chi connectivity index (χ3n) is 1.31. The van der Waals surface area contributed by atoms with Crippen LogP contribution in [0.5, 0.6) is 5.75 Å². The molecule has 0 saturated carbocycles. The molecule has 0 fully saturated rings. The minimum atomic E-state index is -4.23. The van der Waals surface area contributed by atoms with Crippen molar-refractivity contribution >= 4 is 19.4 Å². The Balaban J connectivity index is 0. The first-order valence-electron chi connectivity index (χ1n) is 3.35. The van der Waals surface area contributed by atoms with Crippen molar-refractivity contribution < 1.29 is 77.5 Å². The molecule has 8 heteroatoms. The van der Waals surface area contributed by atoms with Crippen LogP contribution in [0.2, 0.25) is 0 Å². The van der Waals surface area contributed by atoms with Gasteiger partial charge in [-0.15, -0.1) is 0 Å². The Morgan fingerprint density at radius 1 is 1.20 bits per heavy atom. The van der Waals surface area contributed by atoms with Gasteiger partial charge in [-0.05, 0) is 12.1 Å². The van der Waals surface area contributed by atoms with Crippen molar-refractivity contribution in [2.24, 2.45) is 0 Å². The fourth-order valence-corrected chi connectivity index (χ4v) is 2.05. The first kappa shape index (κ1) is 18.7. The van der Waals surface area contributed by atoms with Gasteiger partial charge in [0.2, 0.25) is 16.1 Å². The van der Waals surface area contributed by atoms with Gasteiger partial charge in [-0.3, -0.25) is 0 Å². The zero-order chi connectivity index (χ0) is 9.90. The van der Waals surface area contributed by atoms with Gasteiger partial charge in [0.1, 0.15) is 5.75 Å². The first-order valence-corrected chi connectivity index (χ1v) is 6.26. The van der Waals surface area contributed by atoms with E-state index in [0.29, 0.717) is 15.9 Å². The van der Waals surface area contributed by atoms with Crippen LogP contribution in [0.1, 0.15) is 5.56 Å². The summed E-state index contributed by atoms with van der Waals surface area (Å²) in [5.41, 5.74) is 0.683. The van der Waals surface area contributed by atoms with Crippen molar-refractivity contribution in [3.05, 3.63) is 29.8 Å². The van der Waals surface area contributed by atoms with Crippen molar-refractivity contribution in [2.75, 3.05) is 0 Å². The van der Waals surface area contributed by atoms with E-state index in [1.54, 1.807) is 12.1 Å². The summed E-state index contributed by atoms with van der Waals surface area (Å²) in [6, 6.07) is 6.00. The van der Waals surface area contributed by atoms with Crippen molar-refractivity contribution in [2.45, 2.75) is 5.75 Å². The van der Waals surface area contributed by atoms with Gasteiger partial charge in [-0.2, -0.15) is 0 Å². The number of hydrogen-bond donors (Lipinski definition) is 1. The van der Waals surface area contributed by atoms with Gasteiger partial charge in [-0.1, -0.05) is 12.1 Å². The van der Waals surface area contributed by atoms with E-state index in [9.17, 15) is 13.3 Å². The molecule has 0 unspecified atom stereocenters. The summed E-state index contributed by atoms with van der Waals surface area (Å²) in [6.07, 6.45) is 0. The van der Waals surface area contributed by atoms with Gasteiger partial charge in [0.05, 0.1) is 9.05 Å². The predicted molar refractivity (Wildman–Crippen MR) is 48.9 cm³/mol. The van der Waals surface area contributed by atoms with Crippen LogP contribution in [0.15, 0.2) is 24.3 Å². The molecule has 15 heavy (non-hydrogen) atoms. The van der Waals surface area contributed by atoms with Crippen molar-refractivity contribution in [1.82, 2.24) is 0 Å². The molecule has 0 spiro atoms. The van der Waals surface area contributed by atoms with Gasteiger partial charge in [0.25, 0.3) is 0 Å². The van der Waals surface area contributed by atoms with Crippen LogP contribution in [0.3, 0.4) is 0 Å². The second-order valence-electron chi connectivity index (χ2n) is 2.34. The third-order valence-corrected chi connectivity index (χ3v) is 3.27. The predicted octanol–water partition coefficient (Wildman–Crippen LogP) is -5.56. The van der Waals surface area contributed by atoms with Gasteiger partial charge in [0.15, 0.2) is 0 Å². The van der Waals surface area contributed by atoms with E-state index in [1.807, 2.05) is 0 Å². The number of rotatable bonds is 2.